The molecule has 0 aliphatic carbocycles. The van der Waals surface area contributed by atoms with Crippen molar-refractivity contribution in [3.8, 4) is 16.3 Å². The fraction of sp³-hybridized carbons (Fsp3) is 0.278. The molecule has 1 amide bonds. The number of ether oxygens (including phenoxy) is 1. The Labute approximate surface area is 158 Å². The number of rotatable bonds is 6. The predicted molar refractivity (Wildman–Crippen MR) is 108 cm³/mol. The number of fused-ring (bicyclic) bond motifs is 1. The number of H-pyrrole nitrogens is 1. The normalized spacial score (nSPS) is 11.0. The van der Waals surface area contributed by atoms with Crippen LogP contribution in [-0.2, 0) is 15.6 Å². The number of hydrogen-bond donors (Lipinski definition) is 2. The third-order valence-electron chi connectivity index (χ3n) is 3.90. The molecule has 0 fully saturated rings. The minimum atomic E-state index is -0.00251. The van der Waals surface area contributed by atoms with Crippen molar-refractivity contribution in [3.63, 3.8) is 0 Å². The molecule has 0 radical (unpaired) electrons. The Balaban J connectivity index is 2.06. The number of amides is 1. The van der Waals surface area contributed by atoms with E-state index in [0.717, 1.165) is 33.2 Å². The minimum Gasteiger partial charge on any atom is -0.497 e. The quantitative estimate of drug-likeness (QED) is 0.425. The summed E-state index contributed by atoms with van der Waals surface area (Å²) >= 11 is 4.19. The molecule has 2 N–H and O–H groups in total. The second-order valence-corrected chi connectivity index (χ2v) is 7.45. The molecule has 126 valence electrons. The van der Waals surface area contributed by atoms with Gasteiger partial charge in [-0.25, -0.2) is 0 Å². The van der Waals surface area contributed by atoms with Crippen molar-refractivity contribution < 1.29 is 9.53 Å². The fourth-order valence-electron chi connectivity index (χ4n) is 2.77. The lowest BCUT2D eigenvalue weighted by Gasteiger charge is -2.05. The summed E-state index contributed by atoms with van der Waals surface area (Å²) in [5, 5.41) is 4.04. The summed E-state index contributed by atoms with van der Waals surface area (Å²) in [4.78, 5) is 17.3. The van der Waals surface area contributed by atoms with Crippen LogP contribution in [0.25, 0.3) is 21.5 Å². The van der Waals surface area contributed by atoms with E-state index >= 15 is 0 Å². The molecule has 24 heavy (non-hydrogen) atoms. The van der Waals surface area contributed by atoms with Gasteiger partial charge in [-0.3, -0.25) is 4.79 Å². The Bertz CT molecular complexity index is 869. The molecule has 1 aromatic carbocycles. The molecule has 0 unspecified atom stereocenters. The number of carbonyl (C=O) groups excluding carboxylic acids is 1. The Hall–Kier alpha value is -1.54. The lowest BCUT2D eigenvalue weighted by molar-refractivity contribution is -0.118. The van der Waals surface area contributed by atoms with E-state index in [9.17, 15) is 4.79 Å². The third-order valence-corrected chi connectivity index (χ3v) is 6.34. The third kappa shape index (κ3) is 3.59. The van der Waals surface area contributed by atoms with Gasteiger partial charge in [-0.2, -0.15) is 0 Å². The summed E-state index contributed by atoms with van der Waals surface area (Å²) in [5.74, 6) is 0.838. The average Bonchev–Trinajstić information content (AvgIpc) is 3.18. The van der Waals surface area contributed by atoms with Crippen LogP contribution in [0.5, 0.6) is 5.75 Å². The van der Waals surface area contributed by atoms with Crippen molar-refractivity contribution >= 4 is 50.7 Å². The summed E-state index contributed by atoms with van der Waals surface area (Å²) in [6, 6.07) is 10.4. The van der Waals surface area contributed by atoms with E-state index in [1.165, 1.54) is 15.3 Å². The van der Waals surface area contributed by atoms with Crippen molar-refractivity contribution in [2.75, 3.05) is 13.7 Å². The van der Waals surface area contributed by atoms with E-state index in [2.05, 4.69) is 51.1 Å². The van der Waals surface area contributed by atoms with E-state index in [1.807, 2.05) is 23.5 Å². The van der Waals surface area contributed by atoms with Crippen LogP contribution in [0.4, 0.5) is 0 Å². The molecule has 0 spiro atoms. The Morgan fingerprint density at radius 1 is 1.33 bits per heavy atom. The number of halogens is 1. The van der Waals surface area contributed by atoms with Crippen LogP contribution < -0.4 is 10.1 Å². The molecular weight excluding hydrogens is 435 g/mol. The summed E-state index contributed by atoms with van der Waals surface area (Å²) in [6.07, 6.45) is 0.777. The first kappa shape index (κ1) is 17.3. The highest BCUT2D eigenvalue weighted by Crippen LogP contribution is 2.36. The molecule has 3 aromatic rings. The van der Waals surface area contributed by atoms with E-state index < -0.39 is 0 Å². The zero-order chi connectivity index (χ0) is 17.1. The van der Waals surface area contributed by atoms with Crippen molar-refractivity contribution in [1.82, 2.24) is 10.3 Å². The first-order chi connectivity index (χ1) is 11.6. The maximum Gasteiger partial charge on any atom is 0.216 e. The Kier molecular flexibility index (Phi) is 5.45. The first-order valence-electron chi connectivity index (χ1n) is 7.70. The number of thiophene rings is 1. The van der Waals surface area contributed by atoms with Crippen LogP contribution in [-0.4, -0.2) is 24.5 Å². The van der Waals surface area contributed by atoms with Crippen LogP contribution >= 0.6 is 33.9 Å². The molecule has 2 heterocycles. The number of aromatic amines is 1. The molecule has 0 saturated carbocycles. The van der Waals surface area contributed by atoms with Gasteiger partial charge in [-0.15, -0.1) is 11.3 Å². The zero-order valence-corrected chi connectivity index (χ0v) is 16.6. The maximum absolute atomic E-state index is 11.2. The molecule has 2 aromatic heterocycles. The number of aromatic nitrogens is 1. The largest absolute Gasteiger partial charge is 0.497 e. The maximum atomic E-state index is 11.2. The van der Waals surface area contributed by atoms with Gasteiger partial charge < -0.3 is 15.0 Å². The highest BCUT2D eigenvalue weighted by atomic mass is 127. The highest BCUT2D eigenvalue weighted by Gasteiger charge is 2.15. The van der Waals surface area contributed by atoms with Crippen LogP contribution in [0.15, 0.2) is 30.3 Å². The molecule has 4 nitrogen and oxygen atoms in total. The summed E-state index contributed by atoms with van der Waals surface area (Å²) < 4.78 is 6.39. The summed E-state index contributed by atoms with van der Waals surface area (Å²) in [5.41, 5.74) is 3.46. The smallest absolute Gasteiger partial charge is 0.216 e. The summed E-state index contributed by atoms with van der Waals surface area (Å²) in [7, 11) is 1.68. The number of nitrogens with one attached hydrogen (secondary N) is 2. The van der Waals surface area contributed by atoms with E-state index in [1.54, 1.807) is 14.0 Å². The standard InChI is InChI=1S/C18H19IN2O2S/c1-11(22)20-8-7-14-15-9-12(23-2)3-5-16(15)21-18(14)17-6-4-13(10-19)24-17/h3-6,9,21H,7-8,10H2,1-2H3,(H,20,22). The number of benzene rings is 1. The number of carbonyl (C=O) groups is 1. The van der Waals surface area contributed by atoms with Gasteiger partial charge in [0, 0.05) is 33.7 Å². The van der Waals surface area contributed by atoms with Crippen LogP contribution in [0.1, 0.15) is 17.4 Å². The van der Waals surface area contributed by atoms with E-state index in [-0.39, 0.29) is 5.91 Å². The first-order valence-corrected chi connectivity index (χ1v) is 10.0. The van der Waals surface area contributed by atoms with Crippen molar-refractivity contribution in [2.24, 2.45) is 0 Å². The van der Waals surface area contributed by atoms with Gasteiger partial charge in [0.25, 0.3) is 0 Å². The van der Waals surface area contributed by atoms with Gasteiger partial charge in [0.1, 0.15) is 5.75 Å². The minimum absolute atomic E-state index is 0.00251. The molecule has 0 aliphatic rings. The number of methoxy groups -OCH3 is 1. The van der Waals surface area contributed by atoms with Crippen molar-refractivity contribution in [1.29, 1.82) is 0 Å². The lowest BCUT2D eigenvalue weighted by atomic mass is 10.1. The second kappa shape index (κ2) is 7.57. The topological polar surface area (TPSA) is 54.1 Å². The van der Waals surface area contributed by atoms with Crippen LogP contribution in [0, 0.1) is 0 Å². The van der Waals surface area contributed by atoms with Gasteiger partial charge in [-0.1, -0.05) is 22.6 Å². The molecule has 0 bridgehead atoms. The van der Waals surface area contributed by atoms with Gasteiger partial charge in [0.05, 0.1) is 17.7 Å². The monoisotopic (exact) mass is 454 g/mol. The SMILES string of the molecule is COc1ccc2[nH]c(-c3ccc(CI)s3)c(CCNC(C)=O)c2c1. The molecule has 6 heteroatoms. The fourth-order valence-corrected chi connectivity index (χ4v) is 4.38. The van der Waals surface area contributed by atoms with Crippen LogP contribution in [0.2, 0.25) is 0 Å². The molecule has 0 aliphatic heterocycles. The van der Waals surface area contributed by atoms with Crippen molar-refractivity contribution in [2.45, 2.75) is 17.8 Å². The predicted octanol–water partition coefficient (Wildman–Crippen LogP) is 4.52. The van der Waals surface area contributed by atoms with E-state index in [4.69, 9.17) is 4.74 Å². The molecule has 0 atom stereocenters. The van der Waals surface area contributed by atoms with Gasteiger partial charge in [0.2, 0.25) is 5.91 Å². The zero-order valence-electron chi connectivity index (χ0n) is 13.6. The Morgan fingerprint density at radius 3 is 2.83 bits per heavy atom. The van der Waals surface area contributed by atoms with Crippen LogP contribution in [0.3, 0.4) is 0 Å². The highest BCUT2D eigenvalue weighted by molar-refractivity contribution is 14.1. The average molecular weight is 454 g/mol. The molecule has 0 saturated heterocycles. The van der Waals surface area contributed by atoms with Crippen molar-refractivity contribution in [3.05, 3.63) is 40.8 Å². The van der Waals surface area contributed by atoms with Gasteiger partial charge in [-0.05, 0) is 42.3 Å². The molecular formula is C18H19IN2O2S. The van der Waals surface area contributed by atoms with Gasteiger partial charge >= 0.3 is 0 Å². The molecule has 3 rings (SSSR count). The number of hydrogen-bond acceptors (Lipinski definition) is 3. The Morgan fingerprint density at radius 2 is 2.17 bits per heavy atom. The van der Waals surface area contributed by atoms with Gasteiger partial charge in [0.15, 0.2) is 0 Å². The lowest BCUT2D eigenvalue weighted by Crippen LogP contribution is -2.22. The number of alkyl halides is 1. The van der Waals surface area contributed by atoms with E-state index in [0.29, 0.717) is 6.54 Å². The summed E-state index contributed by atoms with van der Waals surface area (Å²) in [6.45, 7) is 2.17. The second-order valence-electron chi connectivity index (χ2n) is 5.52.